The first-order chi connectivity index (χ1) is 14.6. The summed E-state index contributed by atoms with van der Waals surface area (Å²) in [6.45, 7) is 2.08. The molecule has 3 aromatic carbocycles. The molecule has 1 amide bonds. The molecule has 0 saturated carbocycles. The summed E-state index contributed by atoms with van der Waals surface area (Å²) in [4.78, 5) is 13.4. The van der Waals surface area contributed by atoms with Crippen molar-refractivity contribution in [3.05, 3.63) is 108 Å². The first-order valence-corrected chi connectivity index (χ1v) is 9.64. The standard InChI is InChI=1S/C25H21FN2O2/c1-18(29)27-21-6-5-7-22(16-21)28-15-14-25(30-23-8-3-2-4-9-23)24(17-28)19-10-12-20(26)13-11-19/h2-14,16-17H,15H2,1H3,(H,27,29). The Morgan fingerprint density at radius 3 is 2.50 bits per heavy atom. The van der Waals surface area contributed by atoms with Crippen molar-refractivity contribution in [2.24, 2.45) is 0 Å². The quantitative estimate of drug-likeness (QED) is 0.605. The van der Waals surface area contributed by atoms with Crippen LogP contribution in [0, 0.1) is 5.82 Å². The number of halogens is 1. The number of nitrogens with one attached hydrogen (secondary N) is 1. The third-order valence-electron chi connectivity index (χ3n) is 4.65. The number of amides is 1. The molecule has 0 aliphatic carbocycles. The molecule has 30 heavy (non-hydrogen) atoms. The Kier molecular flexibility index (Phi) is 5.61. The van der Waals surface area contributed by atoms with E-state index in [1.165, 1.54) is 19.1 Å². The van der Waals surface area contributed by atoms with Crippen molar-refractivity contribution in [1.82, 2.24) is 0 Å². The summed E-state index contributed by atoms with van der Waals surface area (Å²) in [5.41, 5.74) is 3.35. The molecule has 1 heterocycles. The van der Waals surface area contributed by atoms with Crippen molar-refractivity contribution in [3.8, 4) is 5.75 Å². The van der Waals surface area contributed by atoms with Gasteiger partial charge in [0.15, 0.2) is 0 Å². The number of nitrogens with zero attached hydrogens (tertiary/aromatic N) is 1. The van der Waals surface area contributed by atoms with E-state index in [-0.39, 0.29) is 11.7 Å². The van der Waals surface area contributed by atoms with Crippen molar-refractivity contribution in [1.29, 1.82) is 0 Å². The molecular formula is C25H21FN2O2. The maximum Gasteiger partial charge on any atom is 0.221 e. The van der Waals surface area contributed by atoms with Crippen LogP contribution in [0.4, 0.5) is 15.8 Å². The Hall–Kier alpha value is -3.86. The van der Waals surface area contributed by atoms with Gasteiger partial charge in [-0.25, -0.2) is 4.39 Å². The van der Waals surface area contributed by atoms with Gasteiger partial charge in [0.05, 0.1) is 0 Å². The van der Waals surface area contributed by atoms with Gasteiger partial charge in [-0.05, 0) is 54.1 Å². The van der Waals surface area contributed by atoms with Crippen LogP contribution in [0.2, 0.25) is 0 Å². The predicted molar refractivity (Wildman–Crippen MR) is 118 cm³/mol. The molecular weight excluding hydrogens is 379 g/mol. The summed E-state index contributed by atoms with van der Waals surface area (Å²) in [6, 6.07) is 23.5. The molecule has 3 aromatic rings. The molecule has 0 spiro atoms. The molecule has 0 saturated heterocycles. The second-order valence-electron chi connectivity index (χ2n) is 6.92. The lowest BCUT2D eigenvalue weighted by atomic mass is 10.0. The smallest absolute Gasteiger partial charge is 0.221 e. The van der Waals surface area contributed by atoms with E-state index in [1.807, 2.05) is 66.9 Å². The number of carbonyl (C=O) groups excluding carboxylic acids is 1. The van der Waals surface area contributed by atoms with E-state index in [0.29, 0.717) is 12.3 Å². The maximum absolute atomic E-state index is 13.5. The molecule has 0 fully saturated rings. The summed E-state index contributed by atoms with van der Waals surface area (Å²) in [6.07, 6.45) is 3.98. The van der Waals surface area contributed by atoms with Crippen LogP contribution >= 0.6 is 0 Å². The Labute approximate surface area is 174 Å². The number of hydrogen-bond donors (Lipinski definition) is 1. The average molecular weight is 400 g/mol. The number of para-hydroxylation sites is 1. The van der Waals surface area contributed by atoms with E-state index in [1.54, 1.807) is 12.1 Å². The third kappa shape index (κ3) is 4.58. The molecule has 1 aliphatic rings. The number of anilines is 2. The summed E-state index contributed by atoms with van der Waals surface area (Å²) in [5, 5.41) is 2.81. The monoisotopic (exact) mass is 400 g/mol. The van der Waals surface area contributed by atoms with Gasteiger partial charge in [0.25, 0.3) is 0 Å². The Bertz CT molecular complexity index is 1110. The predicted octanol–water partition coefficient (Wildman–Crippen LogP) is 5.61. The SMILES string of the molecule is CC(=O)Nc1cccc(N2C=C(c3ccc(F)cc3)C(Oc3ccccc3)=CC2)c1. The first-order valence-electron chi connectivity index (χ1n) is 9.64. The lowest BCUT2D eigenvalue weighted by Crippen LogP contribution is -2.22. The van der Waals surface area contributed by atoms with Gasteiger partial charge in [0, 0.05) is 36.6 Å². The van der Waals surface area contributed by atoms with Crippen LogP contribution in [0.15, 0.2) is 96.9 Å². The average Bonchev–Trinajstić information content (AvgIpc) is 2.75. The van der Waals surface area contributed by atoms with Gasteiger partial charge in [0.2, 0.25) is 5.91 Å². The normalized spacial score (nSPS) is 13.3. The Balaban J connectivity index is 1.68. The lowest BCUT2D eigenvalue weighted by molar-refractivity contribution is -0.114. The van der Waals surface area contributed by atoms with Crippen LogP contribution in [0.25, 0.3) is 5.57 Å². The van der Waals surface area contributed by atoms with Gasteiger partial charge in [-0.15, -0.1) is 0 Å². The number of rotatable bonds is 5. The number of carbonyl (C=O) groups is 1. The van der Waals surface area contributed by atoms with E-state index in [0.717, 1.165) is 28.3 Å². The van der Waals surface area contributed by atoms with Crippen molar-refractivity contribution in [2.45, 2.75) is 6.92 Å². The topological polar surface area (TPSA) is 41.6 Å². The van der Waals surface area contributed by atoms with Crippen molar-refractivity contribution >= 4 is 22.9 Å². The summed E-state index contributed by atoms with van der Waals surface area (Å²) in [5.74, 6) is 1.04. The molecule has 4 rings (SSSR count). The van der Waals surface area contributed by atoms with Crippen molar-refractivity contribution in [2.75, 3.05) is 16.8 Å². The lowest BCUT2D eigenvalue weighted by Gasteiger charge is -2.27. The van der Waals surface area contributed by atoms with Crippen LogP contribution in [0.3, 0.4) is 0 Å². The Morgan fingerprint density at radius 1 is 1.00 bits per heavy atom. The van der Waals surface area contributed by atoms with Gasteiger partial charge < -0.3 is 15.0 Å². The zero-order valence-electron chi connectivity index (χ0n) is 16.5. The number of allylic oxidation sites excluding steroid dienone is 1. The fourth-order valence-electron chi connectivity index (χ4n) is 3.27. The van der Waals surface area contributed by atoms with Crippen LogP contribution in [-0.2, 0) is 4.79 Å². The summed E-state index contributed by atoms with van der Waals surface area (Å²) in [7, 11) is 0. The number of hydrogen-bond acceptors (Lipinski definition) is 3. The number of ether oxygens (including phenoxy) is 1. The zero-order chi connectivity index (χ0) is 20.9. The zero-order valence-corrected chi connectivity index (χ0v) is 16.5. The molecule has 0 atom stereocenters. The summed E-state index contributed by atoms with van der Waals surface area (Å²) >= 11 is 0. The summed E-state index contributed by atoms with van der Waals surface area (Å²) < 4.78 is 19.6. The highest BCUT2D eigenvalue weighted by Gasteiger charge is 2.19. The largest absolute Gasteiger partial charge is 0.457 e. The second kappa shape index (κ2) is 8.66. The molecule has 5 heteroatoms. The molecule has 1 N–H and O–H groups in total. The van der Waals surface area contributed by atoms with Crippen LogP contribution < -0.4 is 15.0 Å². The molecule has 0 aromatic heterocycles. The number of benzene rings is 3. The van der Waals surface area contributed by atoms with E-state index in [9.17, 15) is 9.18 Å². The van der Waals surface area contributed by atoms with Gasteiger partial charge in [0.1, 0.15) is 17.3 Å². The molecule has 0 unspecified atom stereocenters. The second-order valence-corrected chi connectivity index (χ2v) is 6.92. The third-order valence-corrected chi connectivity index (χ3v) is 4.65. The highest BCUT2D eigenvalue weighted by Crippen LogP contribution is 2.32. The fraction of sp³-hybridized carbons (Fsp3) is 0.0800. The van der Waals surface area contributed by atoms with Gasteiger partial charge >= 0.3 is 0 Å². The van der Waals surface area contributed by atoms with Gasteiger partial charge in [-0.2, -0.15) is 0 Å². The van der Waals surface area contributed by atoms with Gasteiger partial charge in [-0.3, -0.25) is 4.79 Å². The first kappa shape index (κ1) is 19.5. The van der Waals surface area contributed by atoms with E-state index in [4.69, 9.17) is 4.74 Å². The molecule has 1 aliphatic heterocycles. The Morgan fingerprint density at radius 2 is 1.77 bits per heavy atom. The van der Waals surface area contributed by atoms with Crippen LogP contribution in [-0.4, -0.2) is 12.5 Å². The van der Waals surface area contributed by atoms with E-state index >= 15 is 0 Å². The van der Waals surface area contributed by atoms with Crippen LogP contribution in [0.5, 0.6) is 5.75 Å². The van der Waals surface area contributed by atoms with Gasteiger partial charge in [-0.1, -0.05) is 36.4 Å². The van der Waals surface area contributed by atoms with Crippen LogP contribution in [0.1, 0.15) is 12.5 Å². The molecule has 0 radical (unpaired) electrons. The minimum absolute atomic E-state index is 0.119. The molecule has 4 nitrogen and oxygen atoms in total. The minimum Gasteiger partial charge on any atom is -0.457 e. The van der Waals surface area contributed by atoms with E-state index < -0.39 is 0 Å². The molecule has 150 valence electrons. The fourth-order valence-corrected chi connectivity index (χ4v) is 3.27. The highest BCUT2D eigenvalue weighted by molar-refractivity contribution is 5.89. The maximum atomic E-state index is 13.5. The highest BCUT2D eigenvalue weighted by atomic mass is 19.1. The van der Waals surface area contributed by atoms with Crippen molar-refractivity contribution < 1.29 is 13.9 Å². The molecule has 0 bridgehead atoms. The minimum atomic E-state index is -0.287. The van der Waals surface area contributed by atoms with Crippen molar-refractivity contribution in [3.63, 3.8) is 0 Å². The van der Waals surface area contributed by atoms with E-state index in [2.05, 4.69) is 10.2 Å².